The molecule has 0 fully saturated rings. The highest BCUT2D eigenvalue weighted by Crippen LogP contribution is 2.23. The third-order valence-corrected chi connectivity index (χ3v) is 2.54. The molecule has 0 aliphatic rings. The Bertz CT molecular complexity index is 342. The van der Waals surface area contributed by atoms with Gasteiger partial charge in [-0.2, -0.15) is 0 Å². The lowest BCUT2D eigenvalue weighted by Crippen LogP contribution is -2.16. The van der Waals surface area contributed by atoms with Gasteiger partial charge in [-0.05, 0) is 25.8 Å². The zero-order valence-electron chi connectivity index (χ0n) is 10.3. The zero-order valence-corrected chi connectivity index (χ0v) is 11.1. The van der Waals surface area contributed by atoms with Gasteiger partial charge >= 0.3 is 0 Å². The van der Waals surface area contributed by atoms with E-state index in [-0.39, 0.29) is 6.10 Å². The normalized spacial score (nSPS) is 13.1. The van der Waals surface area contributed by atoms with Crippen molar-refractivity contribution in [2.45, 2.75) is 39.7 Å². The molecule has 0 aromatic carbocycles. The summed E-state index contributed by atoms with van der Waals surface area (Å²) >= 11 is 5.80. The molecule has 0 aliphatic heterocycles. The summed E-state index contributed by atoms with van der Waals surface area (Å²) in [6, 6.07) is 1.90. The summed E-state index contributed by atoms with van der Waals surface area (Å²) in [4.78, 5) is 8.85. The molecule has 0 bridgehead atoms. The van der Waals surface area contributed by atoms with E-state index in [0.717, 1.165) is 17.2 Å². The third kappa shape index (κ3) is 3.42. The van der Waals surface area contributed by atoms with Crippen molar-refractivity contribution in [3.63, 3.8) is 0 Å². The van der Waals surface area contributed by atoms with Crippen molar-refractivity contribution in [1.82, 2.24) is 9.97 Å². The first-order valence-electron chi connectivity index (χ1n) is 5.60. The van der Waals surface area contributed by atoms with Crippen molar-refractivity contribution < 1.29 is 4.74 Å². The first-order chi connectivity index (χ1) is 7.58. The molecule has 90 valence electrons. The average molecular weight is 243 g/mol. The highest BCUT2D eigenvalue weighted by Gasteiger charge is 2.19. The lowest BCUT2D eigenvalue weighted by Gasteiger charge is -2.20. The molecule has 0 radical (unpaired) electrons. The highest BCUT2D eigenvalue weighted by atomic mass is 35.5. The van der Waals surface area contributed by atoms with E-state index < -0.39 is 0 Å². The molecule has 4 heteroatoms. The predicted molar refractivity (Wildman–Crippen MR) is 65.5 cm³/mol. The Hall–Kier alpha value is -0.670. The maximum absolute atomic E-state index is 5.80. The van der Waals surface area contributed by atoms with E-state index >= 15 is 0 Å². The number of nitrogens with zero attached hydrogens (tertiary/aromatic N) is 2. The Balaban J connectivity index is 3.03. The van der Waals surface area contributed by atoms with Crippen molar-refractivity contribution in [3.8, 4) is 0 Å². The number of hydrogen-bond donors (Lipinski definition) is 0. The predicted octanol–water partition coefficient (Wildman–Crippen LogP) is 3.26. The van der Waals surface area contributed by atoms with E-state index in [1.807, 2.05) is 19.9 Å². The molecule has 3 nitrogen and oxygen atoms in total. The van der Waals surface area contributed by atoms with Crippen LogP contribution in [0.2, 0.25) is 0 Å². The van der Waals surface area contributed by atoms with Gasteiger partial charge in [0.15, 0.2) is 5.82 Å². The van der Waals surface area contributed by atoms with Gasteiger partial charge in [0.05, 0.1) is 11.6 Å². The Morgan fingerprint density at radius 2 is 2.06 bits per heavy atom. The molecule has 0 aliphatic carbocycles. The number of rotatable bonds is 5. The Morgan fingerprint density at radius 3 is 2.56 bits per heavy atom. The molecule has 0 spiro atoms. The summed E-state index contributed by atoms with van der Waals surface area (Å²) in [5, 5.41) is 0. The first kappa shape index (κ1) is 13.4. The van der Waals surface area contributed by atoms with Gasteiger partial charge in [-0.3, -0.25) is 0 Å². The van der Waals surface area contributed by atoms with Crippen LogP contribution in [0.15, 0.2) is 6.07 Å². The number of alkyl halides is 1. The van der Waals surface area contributed by atoms with Gasteiger partial charge in [0, 0.05) is 12.3 Å². The van der Waals surface area contributed by atoms with Crippen LogP contribution < -0.4 is 0 Å². The molecule has 16 heavy (non-hydrogen) atoms. The maximum Gasteiger partial charge on any atom is 0.157 e. The molecular formula is C12H19ClN2O. The molecule has 1 atom stereocenters. The Labute approximate surface area is 102 Å². The molecule has 1 heterocycles. The summed E-state index contributed by atoms with van der Waals surface area (Å²) in [5.41, 5.74) is 1.79. The zero-order chi connectivity index (χ0) is 12.1. The van der Waals surface area contributed by atoms with Crippen LogP contribution in [0.4, 0.5) is 0 Å². The van der Waals surface area contributed by atoms with Crippen LogP contribution in [-0.4, -0.2) is 16.6 Å². The van der Waals surface area contributed by atoms with Crippen LogP contribution in [0, 0.1) is 12.8 Å². The molecule has 1 rings (SSSR count). The van der Waals surface area contributed by atoms with Crippen LogP contribution >= 0.6 is 11.6 Å². The SMILES string of the molecule is CCOC(c1nc(C)cc(CCl)n1)C(C)C. The fraction of sp³-hybridized carbons (Fsp3) is 0.667. The second kappa shape index (κ2) is 6.16. The number of hydrogen-bond acceptors (Lipinski definition) is 3. The molecular weight excluding hydrogens is 224 g/mol. The van der Waals surface area contributed by atoms with Crippen molar-refractivity contribution in [2.24, 2.45) is 5.92 Å². The van der Waals surface area contributed by atoms with Gasteiger partial charge in [-0.1, -0.05) is 13.8 Å². The van der Waals surface area contributed by atoms with E-state index in [9.17, 15) is 0 Å². The molecule has 1 unspecified atom stereocenters. The fourth-order valence-corrected chi connectivity index (χ4v) is 1.74. The van der Waals surface area contributed by atoms with Crippen molar-refractivity contribution in [2.75, 3.05) is 6.61 Å². The van der Waals surface area contributed by atoms with Crippen molar-refractivity contribution in [3.05, 3.63) is 23.3 Å². The minimum Gasteiger partial charge on any atom is -0.370 e. The minimum atomic E-state index is -0.0492. The van der Waals surface area contributed by atoms with Crippen LogP contribution in [0.1, 0.15) is 44.1 Å². The Kier molecular flexibility index (Phi) is 5.16. The van der Waals surface area contributed by atoms with E-state index in [2.05, 4.69) is 23.8 Å². The minimum absolute atomic E-state index is 0.0492. The van der Waals surface area contributed by atoms with E-state index in [0.29, 0.717) is 18.4 Å². The summed E-state index contributed by atoms with van der Waals surface area (Å²) < 4.78 is 5.68. The van der Waals surface area contributed by atoms with E-state index in [1.54, 1.807) is 0 Å². The number of ether oxygens (including phenoxy) is 1. The Morgan fingerprint density at radius 1 is 1.38 bits per heavy atom. The molecule has 1 aromatic rings. The first-order valence-corrected chi connectivity index (χ1v) is 6.14. The van der Waals surface area contributed by atoms with Crippen LogP contribution in [-0.2, 0) is 10.6 Å². The highest BCUT2D eigenvalue weighted by molar-refractivity contribution is 6.16. The van der Waals surface area contributed by atoms with Crippen molar-refractivity contribution >= 4 is 11.6 Å². The van der Waals surface area contributed by atoms with Crippen LogP contribution in [0.25, 0.3) is 0 Å². The van der Waals surface area contributed by atoms with Gasteiger partial charge in [-0.25, -0.2) is 9.97 Å². The lowest BCUT2D eigenvalue weighted by molar-refractivity contribution is 0.0230. The number of aromatic nitrogens is 2. The second-order valence-electron chi connectivity index (χ2n) is 4.11. The molecule has 0 saturated carbocycles. The van der Waals surface area contributed by atoms with E-state index in [1.165, 1.54) is 0 Å². The average Bonchev–Trinajstić information content (AvgIpc) is 2.24. The summed E-state index contributed by atoms with van der Waals surface area (Å²) in [6.45, 7) is 8.80. The summed E-state index contributed by atoms with van der Waals surface area (Å²) in [7, 11) is 0. The standard InChI is InChI=1S/C12H19ClN2O/c1-5-16-11(8(2)3)12-14-9(4)6-10(7-13)15-12/h6,8,11H,5,7H2,1-4H3. The number of aryl methyl sites for hydroxylation is 1. The molecule has 0 amide bonds. The summed E-state index contributed by atoms with van der Waals surface area (Å²) in [6.07, 6.45) is -0.0492. The van der Waals surface area contributed by atoms with Gasteiger partial charge in [0.25, 0.3) is 0 Å². The fourth-order valence-electron chi connectivity index (χ4n) is 1.60. The molecule has 0 N–H and O–H groups in total. The topological polar surface area (TPSA) is 35.0 Å². The monoisotopic (exact) mass is 242 g/mol. The number of halogens is 1. The molecule has 1 aromatic heterocycles. The smallest absolute Gasteiger partial charge is 0.157 e. The van der Waals surface area contributed by atoms with Gasteiger partial charge < -0.3 is 4.74 Å². The quantitative estimate of drug-likeness (QED) is 0.744. The second-order valence-corrected chi connectivity index (χ2v) is 4.38. The largest absolute Gasteiger partial charge is 0.370 e. The van der Waals surface area contributed by atoms with Crippen molar-refractivity contribution in [1.29, 1.82) is 0 Å². The van der Waals surface area contributed by atoms with E-state index in [4.69, 9.17) is 16.3 Å². The summed E-state index contributed by atoms with van der Waals surface area (Å²) in [5.74, 6) is 1.50. The van der Waals surface area contributed by atoms with Crippen LogP contribution in [0.5, 0.6) is 0 Å². The maximum atomic E-state index is 5.80. The lowest BCUT2D eigenvalue weighted by atomic mass is 10.1. The van der Waals surface area contributed by atoms with Gasteiger partial charge in [0.1, 0.15) is 6.10 Å². The third-order valence-electron chi connectivity index (χ3n) is 2.27. The van der Waals surface area contributed by atoms with Gasteiger partial charge in [0.2, 0.25) is 0 Å². The van der Waals surface area contributed by atoms with Crippen LogP contribution in [0.3, 0.4) is 0 Å². The van der Waals surface area contributed by atoms with Gasteiger partial charge in [-0.15, -0.1) is 11.6 Å². The molecule has 0 saturated heterocycles.